The highest BCUT2D eigenvalue weighted by Gasteiger charge is 2.34. The van der Waals surface area contributed by atoms with E-state index >= 15 is 0 Å². The average molecular weight is 416 g/mol. The molecule has 0 saturated heterocycles. The Kier molecular flexibility index (Phi) is 6.48. The first-order valence-electron chi connectivity index (χ1n) is 9.68. The van der Waals surface area contributed by atoms with Gasteiger partial charge in [-0.2, -0.15) is 4.37 Å². The van der Waals surface area contributed by atoms with Crippen molar-refractivity contribution in [2.24, 2.45) is 5.73 Å². The van der Waals surface area contributed by atoms with E-state index in [1.807, 2.05) is 13.0 Å². The van der Waals surface area contributed by atoms with Gasteiger partial charge in [-0.15, -0.1) is 0 Å². The maximum absolute atomic E-state index is 13.4. The number of amides is 3. The lowest BCUT2D eigenvalue weighted by atomic mass is 10.1. The van der Waals surface area contributed by atoms with Gasteiger partial charge in [-0.25, -0.2) is 0 Å². The van der Waals surface area contributed by atoms with Crippen LogP contribution in [0.15, 0.2) is 30.3 Å². The second kappa shape index (κ2) is 9.04. The molecule has 1 fully saturated rings. The number of benzene rings is 1. The second-order valence-electron chi connectivity index (χ2n) is 7.06. The number of aromatic nitrogens is 1. The quantitative estimate of drug-likeness (QED) is 0.638. The molecule has 1 aromatic carbocycles. The molecule has 3 amide bonds. The predicted molar refractivity (Wildman–Crippen MR) is 113 cm³/mol. The summed E-state index contributed by atoms with van der Waals surface area (Å²) < 4.78 is 3.92. The Morgan fingerprint density at radius 2 is 1.90 bits per heavy atom. The summed E-state index contributed by atoms with van der Waals surface area (Å²) in [5, 5.41) is 3.07. The molecule has 154 valence electrons. The molecule has 3 rings (SSSR count). The molecule has 0 spiro atoms. The normalized spacial score (nSPS) is 15.1. The Morgan fingerprint density at radius 3 is 2.45 bits per heavy atom. The van der Waals surface area contributed by atoms with Gasteiger partial charge in [0.2, 0.25) is 5.91 Å². The highest BCUT2D eigenvalue weighted by Crippen LogP contribution is 2.28. The average Bonchev–Trinajstić information content (AvgIpc) is 3.35. The second-order valence-corrected chi connectivity index (χ2v) is 7.84. The molecule has 1 atom stereocenters. The number of carbonyl (C=O) groups excluding carboxylic acids is 3. The molecule has 1 aliphatic carbocycles. The van der Waals surface area contributed by atoms with Gasteiger partial charge in [0.1, 0.15) is 10.9 Å². The number of rotatable bonds is 7. The molecule has 1 aromatic heterocycles. The van der Waals surface area contributed by atoms with Crippen LogP contribution in [-0.2, 0) is 4.79 Å². The van der Waals surface area contributed by atoms with Crippen molar-refractivity contribution in [2.75, 3.05) is 10.6 Å². The van der Waals surface area contributed by atoms with Crippen LogP contribution in [0.2, 0.25) is 0 Å². The lowest BCUT2D eigenvalue weighted by molar-refractivity contribution is -0.123. The van der Waals surface area contributed by atoms with E-state index in [1.165, 1.54) is 4.90 Å². The molecule has 0 radical (unpaired) electrons. The zero-order valence-electron chi connectivity index (χ0n) is 16.3. The first kappa shape index (κ1) is 20.8. The summed E-state index contributed by atoms with van der Waals surface area (Å²) in [5.41, 5.74) is 11.6. The summed E-state index contributed by atoms with van der Waals surface area (Å²) in [7, 11) is 0. The number of para-hydroxylation sites is 1. The zero-order valence-corrected chi connectivity index (χ0v) is 17.1. The van der Waals surface area contributed by atoms with E-state index < -0.39 is 17.9 Å². The number of nitrogens with two attached hydrogens (primary N) is 2. The van der Waals surface area contributed by atoms with Crippen molar-refractivity contribution in [3.8, 4) is 0 Å². The van der Waals surface area contributed by atoms with Crippen molar-refractivity contribution in [3.05, 3.63) is 40.9 Å². The molecule has 5 N–H and O–H groups in total. The molecule has 8 nitrogen and oxygen atoms in total. The topological polar surface area (TPSA) is 131 Å². The Hall–Kier alpha value is -2.94. The number of primary amides is 1. The fourth-order valence-electron chi connectivity index (χ4n) is 3.62. The largest absolute Gasteiger partial charge is 0.395 e. The van der Waals surface area contributed by atoms with Crippen LogP contribution in [0, 0.1) is 0 Å². The van der Waals surface area contributed by atoms with Gasteiger partial charge in [0.15, 0.2) is 5.69 Å². The fourth-order valence-corrected chi connectivity index (χ4v) is 4.36. The van der Waals surface area contributed by atoms with E-state index in [0.717, 1.165) is 37.2 Å². The van der Waals surface area contributed by atoms with E-state index in [0.29, 0.717) is 12.1 Å². The Morgan fingerprint density at radius 1 is 1.24 bits per heavy atom. The van der Waals surface area contributed by atoms with Crippen molar-refractivity contribution in [2.45, 2.75) is 51.1 Å². The molecule has 9 heteroatoms. The van der Waals surface area contributed by atoms with E-state index in [9.17, 15) is 14.4 Å². The smallest absolute Gasteiger partial charge is 0.272 e. The molecule has 0 bridgehead atoms. The number of anilines is 2. The highest BCUT2D eigenvalue weighted by molar-refractivity contribution is 7.09. The van der Waals surface area contributed by atoms with Crippen LogP contribution in [0.5, 0.6) is 0 Å². The fraction of sp³-hybridized carbons (Fsp3) is 0.400. The van der Waals surface area contributed by atoms with Gasteiger partial charge < -0.3 is 16.8 Å². The van der Waals surface area contributed by atoms with Gasteiger partial charge in [-0.1, -0.05) is 38.0 Å². The van der Waals surface area contributed by atoms with Gasteiger partial charge in [0, 0.05) is 11.7 Å². The molecule has 1 aliphatic rings. The molecular formula is C20H25N5O3S. The molecule has 29 heavy (non-hydrogen) atoms. The lowest BCUT2D eigenvalue weighted by Gasteiger charge is -2.31. The van der Waals surface area contributed by atoms with E-state index in [2.05, 4.69) is 9.69 Å². The number of carbonyl (C=O) groups is 3. The summed E-state index contributed by atoms with van der Waals surface area (Å²) in [5.74, 6) is -1.47. The minimum Gasteiger partial charge on any atom is -0.395 e. The van der Waals surface area contributed by atoms with Crippen LogP contribution in [0.4, 0.5) is 11.4 Å². The third-order valence-corrected chi connectivity index (χ3v) is 5.96. The molecule has 0 aliphatic heterocycles. The first-order valence-corrected chi connectivity index (χ1v) is 10.4. The predicted octanol–water partition coefficient (Wildman–Crippen LogP) is 2.31. The third kappa shape index (κ3) is 4.40. The van der Waals surface area contributed by atoms with Crippen molar-refractivity contribution in [1.82, 2.24) is 9.69 Å². The summed E-state index contributed by atoms with van der Waals surface area (Å²) in [4.78, 5) is 39.5. The van der Waals surface area contributed by atoms with Crippen LogP contribution < -0.4 is 21.7 Å². The van der Waals surface area contributed by atoms with Crippen molar-refractivity contribution in [1.29, 1.82) is 0 Å². The highest BCUT2D eigenvalue weighted by atomic mass is 32.1. The van der Waals surface area contributed by atoms with Gasteiger partial charge in [0.25, 0.3) is 11.8 Å². The SMILES string of the molecule is CCC(C(=O)NC1CCCC1)N(C(=O)c1snc(C(N)=O)c1N)c1ccccc1. The molecule has 1 saturated carbocycles. The van der Waals surface area contributed by atoms with Gasteiger partial charge in [0.05, 0.1) is 5.69 Å². The van der Waals surface area contributed by atoms with E-state index in [1.54, 1.807) is 24.3 Å². The number of hydrogen-bond acceptors (Lipinski definition) is 6. The minimum absolute atomic E-state index is 0.0560. The van der Waals surface area contributed by atoms with Gasteiger partial charge >= 0.3 is 0 Å². The Balaban J connectivity index is 1.96. The summed E-state index contributed by atoms with van der Waals surface area (Å²) in [6, 6.07) is 8.36. The zero-order chi connectivity index (χ0) is 21.0. The number of nitrogen functional groups attached to an aromatic ring is 1. The molecule has 1 heterocycles. The Bertz CT molecular complexity index is 893. The van der Waals surface area contributed by atoms with Gasteiger partial charge in [-0.3, -0.25) is 19.3 Å². The minimum atomic E-state index is -0.796. The number of nitrogens with zero attached hydrogens (tertiary/aromatic N) is 2. The van der Waals surface area contributed by atoms with E-state index in [4.69, 9.17) is 11.5 Å². The number of hydrogen-bond donors (Lipinski definition) is 3. The van der Waals surface area contributed by atoms with Crippen molar-refractivity contribution >= 4 is 40.6 Å². The van der Waals surface area contributed by atoms with Gasteiger partial charge in [-0.05, 0) is 42.9 Å². The standard InChI is InChI=1S/C20H25N5O3S/c1-2-14(19(27)23-12-8-6-7-9-12)25(13-10-4-3-5-11-13)20(28)17-15(21)16(18(22)26)24-29-17/h3-5,10-12,14H,2,6-9,21H2,1H3,(H2,22,26)(H,23,27). The summed E-state index contributed by atoms with van der Waals surface area (Å²) in [6.45, 7) is 1.85. The Labute approximate surface area is 173 Å². The molecular weight excluding hydrogens is 390 g/mol. The summed E-state index contributed by atoms with van der Waals surface area (Å²) >= 11 is 0.809. The summed E-state index contributed by atoms with van der Waals surface area (Å²) in [6.07, 6.45) is 4.50. The third-order valence-electron chi connectivity index (χ3n) is 5.11. The van der Waals surface area contributed by atoms with Crippen molar-refractivity contribution < 1.29 is 14.4 Å². The molecule has 1 unspecified atom stereocenters. The van der Waals surface area contributed by atoms with Crippen LogP contribution in [0.3, 0.4) is 0 Å². The lowest BCUT2D eigenvalue weighted by Crippen LogP contribution is -2.51. The maximum atomic E-state index is 13.4. The van der Waals surface area contributed by atoms with Crippen LogP contribution in [0.25, 0.3) is 0 Å². The van der Waals surface area contributed by atoms with Crippen molar-refractivity contribution in [3.63, 3.8) is 0 Å². The van der Waals surface area contributed by atoms with E-state index in [-0.39, 0.29) is 28.2 Å². The van der Waals surface area contributed by atoms with Crippen LogP contribution in [-0.4, -0.2) is 34.2 Å². The van der Waals surface area contributed by atoms with Crippen LogP contribution >= 0.6 is 11.5 Å². The molecule has 2 aromatic rings. The first-order chi connectivity index (χ1) is 13.9. The monoisotopic (exact) mass is 415 g/mol. The maximum Gasteiger partial charge on any atom is 0.272 e. The van der Waals surface area contributed by atoms with Crippen LogP contribution in [0.1, 0.15) is 59.2 Å². The number of nitrogens with one attached hydrogen (secondary N) is 1.